The highest BCUT2D eigenvalue weighted by Gasteiger charge is 2.29. The molecule has 5 nitrogen and oxygen atoms in total. The molecular weight excluding hydrogens is 228 g/mol. The summed E-state index contributed by atoms with van der Waals surface area (Å²) >= 11 is 0. The van der Waals surface area contributed by atoms with Crippen LogP contribution in [0.4, 0.5) is 5.95 Å². The summed E-state index contributed by atoms with van der Waals surface area (Å²) < 4.78 is 5.42. The molecule has 1 aliphatic rings. The van der Waals surface area contributed by atoms with Crippen molar-refractivity contribution in [1.29, 1.82) is 0 Å². The van der Waals surface area contributed by atoms with Gasteiger partial charge in [-0.2, -0.15) is 4.98 Å². The summed E-state index contributed by atoms with van der Waals surface area (Å²) in [5.41, 5.74) is 5.89. The largest absolute Gasteiger partial charge is 0.478 e. The summed E-state index contributed by atoms with van der Waals surface area (Å²) in [6.07, 6.45) is 4.14. The molecule has 0 spiro atoms. The maximum Gasteiger partial charge on any atom is 0.228 e. The zero-order valence-electron chi connectivity index (χ0n) is 11.2. The monoisotopic (exact) mass is 250 g/mol. The minimum absolute atomic E-state index is 0.329. The SMILES string of the molecule is CCOc1ccnc(N2CCCC(C)C2CN)n1. The maximum absolute atomic E-state index is 5.89. The molecule has 2 heterocycles. The van der Waals surface area contributed by atoms with Crippen LogP contribution in [0.25, 0.3) is 0 Å². The Kier molecular flexibility index (Phi) is 4.36. The predicted octanol–water partition coefficient (Wildman–Crippen LogP) is 1.44. The fourth-order valence-corrected chi connectivity index (χ4v) is 2.56. The van der Waals surface area contributed by atoms with Crippen molar-refractivity contribution in [2.75, 3.05) is 24.6 Å². The lowest BCUT2D eigenvalue weighted by Crippen LogP contribution is -2.49. The molecule has 18 heavy (non-hydrogen) atoms. The van der Waals surface area contributed by atoms with Gasteiger partial charge in [0.15, 0.2) is 0 Å². The molecule has 1 aliphatic heterocycles. The minimum Gasteiger partial charge on any atom is -0.478 e. The highest BCUT2D eigenvalue weighted by Crippen LogP contribution is 2.26. The molecule has 0 radical (unpaired) electrons. The molecule has 0 aromatic carbocycles. The van der Waals surface area contributed by atoms with E-state index < -0.39 is 0 Å². The highest BCUT2D eigenvalue weighted by molar-refractivity contribution is 5.35. The minimum atomic E-state index is 0.329. The molecule has 0 amide bonds. The van der Waals surface area contributed by atoms with Gasteiger partial charge in [0.2, 0.25) is 11.8 Å². The average Bonchev–Trinajstić information content (AvgIpc) is 2.39. The number of anilines is 1. The zero-order valence-corrected chi connectivity index (χ0v) is 11.2. The maximum atomic E-state index is 5.89. The van der Waals surface area contributed by atoms with Gasteiger partial charge in [0.05, 0.1) is 6.61 Å². The third-order valence-corrected chi connectivity index (χ3v) is 3.52. The van der Waals surface area contributed by atoms with E-state index in [-0.39, 0.29) is 0 Å². The molecule has 1 saturated heterocycles. The van der Waals surface area contributed by atoms with Crippen molar-refractivity contribution in [2.45, 2.75) is 32.7 Å². The molecule has 100 valence electrons. The fourth-order valence-electron chi connectivity index (χ4n) is 2.56. The molecular formula is C13H22N4O. The molecule has 5 heteroatoms. The van der Waals surface area contributed by atoms with Gasteiger partial charge in [0.1, 0.15) is 0 Å². The van der Waals surface area contributed by atoms with Crippen LogP contribution in [0.5, 0.6) is 5.88 Å². The second-order valence-corrected chi connectivity index (χ2v) is 4.74. The van der Waals surface area contributed by atoms with Crippen LogP contribution in [-0.4, -0.2) is 35.7 Å². The molecule has 2 atom stereocenters. The highest BCUT2D eigenvalue weighted by atomic mass is 16.5. The third kappa shape index (κ3) is 2.72. The van der Waals surface area contributed by atoms with Crippen molar-refractivity contribution in [3.63, 3.8) is 0 Å². The first-order valence-electron chi connectivity index (χ1n) is 6.68. The number of aromatic nitrogens is 2. The lowest BCUT2D eigenvalue weighted by atomic mass is 9.91. The Morgan fingerprint density at radius 2 is 2.39 bits per heavy atom. The fraction of sp³-hybridized carbons (Fsp3) is 0.692. The van der Waals surface area contributed by atoms with Crippen molar-refractivity contribution in [2.24, 2.45) is 11.7 Å². The molecule has 2 rings (SSSR count). The Bertz CT molecular complexity index is 385. The van der Waals surface area contributed by atoms with Gasteiger partial charge < -0.3 is 15.4 Å². The number of nitrogens with zero attached hydrogens (tertiary/aromatic N) is 3. The number of ether oxygens (including phenoxy) is 1. The first kappa shape index (κ1) is 13.1. The van der Waals surface area contributed by atoms with E-state index >= 15 is 0 Å². The third-order valence-electron chi connectivity index (χ3n) is 3.52. The molecule has 1 aromatic rings. The van der Waals surface area contributed by atoms with Crippen molar-refractivity contribution in [3.8, 4) is 5.88 Å². The number of rotatable bonds is 4. The number of hydrogen-bond donors (Lipinski definition) is 1. The summed E-state index contributed by atoms with van der Waals surface area (Å²) in [4.78, 5) is 11.0. The summed E-state index contributed by atoms with van der Waals surface area (Å²) in [7, 11) is 0. The van der Waals surface area contributed by atoms with Gasteiger partial charge >= 0.3 is 0 Å². The van der Waals surface area contributed by atoms with Gasteiger partial charge in [0, 0.05) is 31.4 Å². The first-order chi connectivity index (χ1) is 8.76. The Morgan fingerprint density at radius 1 is 1.56 bits per heavy atom. The lowest BCUT2D eigenvalue weighted by Gasteiger charge is -2.39. The quantitative estimate of drug-likeness (QED) is 0.876. The molecule has 0 aliphatic carbocycles. The molecule has 2 unspecified atom stereocenters. The first-order valence-corrected chi connectivity index (χ1v) is 6.68. The van der Waals surface area contributed by atoms with E-state index in [0.717, 1.165) is 12.5 Å². The van der Waals surface area contributed by atoms with Gasteiger partial charge in [-0.25, -0.2) is 4.98 Å². The van der Waals surface area contributed by atoms with E-state index in [1.54, 1.807) is 12.3 Å². The van der Waals surface area contributed by atoms with E-state index in [2.05, 4.69) is 21.8 Å². The van der Waals surface area contributed by atoms with Crippen LogP contribution >= 0.6 is 0 Å². The van der Waals surface area contributed by atoms with Crippen LogP contribution in [0.3, 0.4) is 0 Å². The normalized spacial score (nSPS) is 24.1. The van der Waals surface area contributed by atoms with Gasteiger partial charge in [0.25, 0.3) is 0 Å². The van der Waals surface area contributed by atoms with Crippen molar-refractivity contribution in [3.05, 3.63) is 12.3 Å². The molecule has 2 N–H and O–H groups in total. The Labute approximate surface area is 108 Å². The molecule has 1 fully saturated rings. The van der Waals surface area contributed by atoms with E-state index in [4.69, 9.17) is 10.5 Å². The van der Waals surface area contributed by atoms with Crippen LogP contribution in [-0.2, 0) is 0 Å². The van der Waals surface area contributed by atoms with Crippen LogP contribution in [0.15, 0.2) is 12.3 Å². The lowest BCUT2D eigenvalue weighted by molar-refractivity contribution is 0.321. The van der Waals surface area contributed by atoms with Crippen LogP contribution < -0.4 is 15.4 Å². The number of piperidine rings is 1. The van der Waals surface area contributed by atoms with Crippen LogP contribution in [0.2, 0.25) is 0 Å². The van der Waals surface area contributed by atoms with Gasteiger partial charge in [-0.1, -0.05) is 6.92 Å². The summed E-state index contributed by atoms with van der Waals surface area (Å²) in [6, 6.07) is 2.12. The zero-order chi connectivity index (χ0) is 13.0. The summed E-state index contributed by atoms with van der Waals surface area (Å²) in [6.45, 7) is 6.43. The van der Waals surface area contributed by atoms with Gasteiger partial charge in [-0.3, -0.25) is 0 Å². The molecule has 0 bridgehead atoms. The Morgan fingerprint density at radius 3 is 3.11 bits per heavy atom. The van der Waals surface area contributed by atoms with E-state index in [9.17, 15) is 0 Å². The average molecular weight is 250 g/mol. The van der Waals surface area contributed by atoms with Gasteiger partial charge in [-0.15, -0.1) is 0 Å². The standard InChI is InChI=1S/C13H22N4O/c1-3-18-12-6-7-15-13(16-12)17-8-4-5-10(2)11(17)9-14/h6-7,10-11H,3-5,8-9,14H2,1-2H3. The van der Waals surface area contributed by atoms with Crippen LogP contribution in [0, 0.1) is 5.92 Å². The van der Waals surface area contributed by atoms with Crippen molar-refractivity contribution in [1.82, 2.24) is 9.97 Å². The summed E-state index contributed by atoms with van der Waals surface area (Å²) in [5, 5.41) is 0. The van der Waals surface area contributed by atoms with Crippen molar-refractivity contribution >= 4 is 5.95 Å². The van der Waals surface area contributed by atoms with E-state index in [0.29, 0.717) is 31.0 Å². The smallest absolute Gasteiger partial charge is 0.228 e. The van der Waals surface area contributed by atoms with E-state index in [1.165, 1.54) is 12.8 Å². The molecule has 0 saturated carbocycles. The second kappa shape index (κ2) is 6.00. The topological polar surface area (TPSA) is 64.3 Å². The van der Waals surface area contributed by atoms with Crippen molar-refractivity contribution < 1.29 is 4.74 Å². The van der Waals surface area contributed by atoms with Gasteiger partial charge in [-0.05, 0) is 25.7 Å². The van der Waals surface area contributed by atoms with Crippen LogP contribution in [0.1, 0.15) is 26.7 Å². The number of nitrogens with two attached hydrogens (primary N) is 1. The summed E-state index contributed by atoms with van der Waals surface area (Å²) in [5.74, 6) is 1.96. The van der Waals surface area contributed by atoms with E-state index in [1.807, 2.05) is 6.92 Å². The predicted molar refractivity (Wildman–Crippen MR) is 71.8 cm³/mol. The molecule has 1 aromatic heterocycles. The Hall–Kier alpha value is -1.36. The Balaban J connectivity index is 2.20. The second-order valence-electron chi connectivity index (χ2n) is 4.74. The number of hydrogen-bond acceptors (Lipinski definition) is 5.